The second-order valence-electron chi connectivity index (χ2n) is 5.65. The van der Waals surface area contributed by atoms with Crippen molar-refractivity contribution in [1.82, 2.24) is 0 Å². The number of nitrogens with two attached hydrogens (primary N) is 1. The molecule has 0 spiro atoms. The molecule has 5 N–H and O–H groups in total. The van der Waals surface area contributed by atoms with Crippen LogP contribution in [0, 0.1) is 5.92 Å². The summed E-state index contributed by atoms with van der Waals surface area (Å²) in [6, 6.07) is 3.08. The van der Waals surface area contributed by atoms with Gasteiger partial charge in [-0.15, -0.1) is 0 Å². The molecule has 0 bridgehead atoms. The van der Waals surface area contributed by atoms with Crippen molar-refractivity contribution in [2.24, 2.45) is 16.8 Å². The number of nitrogens with zero attached hydrogens (tertiary/aromatic N) is 4. The smallest absolute Gasteiger partial charge is 0.390 e. The van der Waals surface area contributed by atoms with Gasteiger partial charge in [0.25, 0.3) is 12.1 Å². The second kappa shape index (κ2) is 8.56. The summed E-state index contributed by atoms with van der Waals surface area (Å²) in [5, 5.41) is 13.9. The first kappa shape index (κ1) is 20.3. The Morgan fingerprint density at radius 3 is 2.88 bits per heavy atom. The highest BCUT2D eigenvalue weighted by atomic mass is 31.2. The highest BCUT2D eigenvalue weighted by molar-refractivity contribution is 7.46. The van der Waals surface area contributed by atoms with E-state index in [4.69, 9.17) is 25.8 Å². The number of aromatic nitrogens is 1. The molecular formula is C13H19N5O7P+. The molecule has 0 aromatic carbocycles. The van der Waals surface area contributed by atoms with Crippen LogP contribution in [0.25, 0.3) is 10.4 Å². The summed E-state index contributed by atoms with van der Waals surface area (Å²) in [5.74, 6) is -1.22. The zero-order valence-corrected chi connectivity index (χ0v) is 14.4. The minimum atomic E-state index is -4.73. The summed E-state index contributed by atoms with van der Waals surface area (Å²) in [6.07, 6.45) is 0.348. The van der Waals surface area contributed by atoms with Gasteiger partial charge in [-0.05, 0) is 18.0 Å². The molecule has 142 valence electrons. The lowest BCUT2D eigenvalue weighted by molar-refractivity contribution is -0.765. The Balaban J connectivity index is 2.24. The van der Waals surface area contributed by atoms with Gasteiger partial charge in [-0.1, -0.05) is 5.11 Å². The van der Waals surface area contributed by atoms with E-state index in [9.17, 15) is 14.5 Å². The minimum absolute atomic E-state index is 0.0836. The zero-order chi connectivity index (χ0) is 19.3. The Hall–Kier alpha value is -2.04. The van der Waals surface area contributed by atoms with Crippen LogP contribution in [0.2, 0.25) is 0 Å². The summed E-state index contributed by atoms with van der Waals surface area (Å²) in [5.41, 5.74) is 13.9. The number of rotatable bonds is 8. The van der Waals surface area contributed by atoms with Gasteiger partial charge < -0.3 is 25.4 Å². The third-order valence-electron chi connectivity index (χ3n) is 3.93. The Labute approximate surface area is 148 Å². The van der Waals surface area contributed by atoms with Crippen molar-refractivity contribution in [3.63, 3.8) is 0 Å². The second-order valence-corrected chi connectivity index (χ2v) is 6.89. The number of hydrogen-bond acceptors (Lipinski definition) is 6. The minimum Gasteiger partial charge on any atom is -0.390 e. The zero-order valence-electron chi connectivity index (χ0n) is 13.5. The van der Waals surface area contributed by atoms with E-state index in [1.54, 1.807) is 12.3 Å². The Morgan fingerprint density at radius 2 is 2.27 bits per heavy atom. The fourth-order valence-electron chi connectivity index (χ4n) is 2.77. The third kappa shape index (κ3) is 5.23. The summed E-state index contributed by atoms with van der Waals surface area (Å²) in [4.78, 5) is 31.7. The summed E-state index contributed by atoms with van der Waals surface area (Å²) >= 11 is 0. The maximum atomic E-state index is 11.4. The summed E-state index contributed by atoms with van der Waals surface area (Å²) in [7, 11) is -4.73. The van der Waals surface area contributed by atoms with Crippen LogP contribution in [-0.4, -0.2) is 46.2 Å². The van der Waals surface area contributed by atoms with Crippen LogP contribution >= 0.6 is 7.82 Å². The van der Waals surface area contributed by atoms with Gasteiger partial charge in [0.15, 0.2) is 12.4 Å². The molecule has 1 aliphatic heterocycles. The van der Waals surface area contributed by atoms with Crippen molar-refractivity contribution < 1.29 is 38.1 Å². The van der Waals surface area contributed by atoms with Crippen LogP contribution in [0.4, 0.5) is 0 Å². The van der Waals surface area contributed by atoms with Crippen molar-refractivity contribution in [3.05, 3.63) is 40.5 Å². The van der Waals surface area contributed by atoms with E-state index in [1.807, 2.05) is 0 Å². The van der Waals surface area contributed by atoms with E-state index in [0.29, 0.717) is 0 Å². The molecule has 1 aliphatic rings. The van der Waals surface area contributed by atoms with Crippen LogP contribution in [0.1, 0.15) is 23.0 Å². The van der Waals surface area contributed by atoms with Crippen molar-refractivity contribution >= 4 is 13.7 Å². The summed E-state index contributed by atoms with van der Waals surface area (Å²) < 4.78 is 22.5. The molecule has 1 fully saturated rings. The molecule has 1 amide bonds. The third-order valence-corrected chi connectivity index (χ3v) is 4.42. The standard InChI is InChI=1S/C13H18N5O7P/c14-12(20)8-2-1-5-18(6-8)13-9(3-4-16-17-15)11(19)10(25-13)7-24-26(21,22)23/h1-2,5-6,9-11,13,19H,3-4,7H2,(H3-,14,20,21,22,23)/p+1/t9-,10-,11+,13-/m1/s1. The SMILES string of the molecule is [N-]=[N+]=NCC[C@@H]1[C@H](O)[C@@H](COP(=O)(O)O)O[C@H]1[n+]1cccc(C(N)=O)c1. The maximum absolute atomic E-state index is 11.4. The number of carbonyl (C=O) groups excluding carboxylic acids is 1. The van der Waals surface area contributed by atoms with Crippen LogP contribution in [-0.2, 0) is 13.8 Å². The van der Waals surface area contributed by atoms with Crippen molar-refractivity contribution in [3.8, 4) is 0 Å². The fourth-order valence-corrected chi connectivity index (χ4v) is 3.11. The number of ether oxygens (including phenoxy) is 1. The predicted molar refractivity (Wildman–Crippen MR) is 85.2 cm³/mol. The number of carbonyl (C=O) groups is 1. The number of primary amides is 1. The number of aliphatic hydroxyl groups is 1. The first-order chi connectivity index (χ1) is 12.2. The lowest BCUT2D eigenvalue weighted by atomic mass is 9.96. The number of hydrogen-bond donors (Lipinski definition) is 4. The molecule has 0 radical (unpaired) electrons. The first-order valence-electron chi connectivity index (χ1n) is 7.58. The summed E-state index contributed by atoms with van der Waals surface area (Å²) in [6.45, 7) is -0.448. The van der Waals surface area contributed by atoms with E-state index in [0.717, 1.165) is 0 Å². The predicted octanol–water partition coefficient (Wildman–Crippen LogP) is -0.243. The average molecular weight is 388 g/mol. The van der Waals surface area contributed by atoms with E-state index in [-0.39, 0.29) is 18.5 Å². The lowest BCUT2D eigenvalue weighted by Gasteiger charge is -2.16. The van der Waals surface area contributed by atoms with Gasteiger partial charge in [-0.2, -0.15) is 4.57 Å². The molecule has 26 heavy (non-hydrogen) atoms. The van der Waals surface area contributed by atoms with Crippen LogP contribution in [0.5, 0.6) is 0 Å². The molecule has 1 aromatic heterocycles. The van der Waals surface area contributed by atoms with E-state index < -0.39 is 44.7 Å². The van der Waals surface area contributed by atoms with E-state index >= 15 is 0 Å². The van der Waals surface area contributed by atoms with Crippen LogP contribution in [0.15, 0.2) is 29.6 Å². The molecule has 0 unspecified atom stereocenters. The number of phosphoric acid groups is 1. The van der Waals surface area contributed by atoms with Gasteiger partial charge in [0.2, 0.25) is 0 Å². The van der Waals surface area contributed by atoms with Crippen molar-refractivity contribution in [2.75, 3.05) is 13.2 Å². The van der Waals surface area contributed by atoms with E-state index in [2.05, 4.69) is 14.5 Å². The average Bonchev–Trinajstić information content (AvgIpc) is 2.89. The van der Waals surface area contributed by atoms with Crippen molar-refractivity contribution in [1.29, 1.82) is 0 Å². The molecule has 0 aliphatic carbocycles. The molecule has 0 saturated carbocycles. The molecule has 1 aromatic rings. The van der Waals surface area contributed by atoms with Crippen LogP contribution in [0.3, 0.4) is 0 Å². The molecular weight excluding hydrogens is 369 g/mol. The molecule has 1 saturated heterocycles. The monoisotopic (exact) mass is 388 g/mol. The molecule has 4 atom stereocenters. The topological polar surface area (TPSA) is 192 Å². The molecule has 13 heteroatoms. The van der Waals surface area contributed by atoms with Crippen molar-refractivity contribution in [2.45, 2.75) is 24.9 Å². The number of pyridine rings is 1. The maximum Gasteiger partial charge on any atom is 0.469 e. The fraction of sp³-hybridized carbons (Fsp3) is 0.538. The van der Waals surface area contributed by atoms with Crippen LogP contribution < -0.4 is 10.3 Å². The van der Waals surface area contributed by atoms with Gasteiger partial charge in [-0.25, -0.2) is 4.57 Å². The Morgan fingerprint density at radius 1 is 1.54 bits per heavy atom. The van der Waals surface area contributed by atoms with Gasteiger partial charge in [0, 0.05) is 17.5 Å². The van der Waals surface area contributed by atoms with Gasteiger partial charge in [-0.3, -0.25) is 9.32 Å². The molecule has 2 rings (SSSR count). The highest BCUT2D eigenvalue weighted by Gasteiger charge is 2.49. The van der Waals surface area contributed by atoms with E-state index in [1.165, 1.54) is 16.8 Å². The number of aliphatic hydroxyl groups excluding tert-OH is 1. The highest BCUT2D eigenvalue weighted by Crippen LogP contribution is 2.39. The normalized spacial score (nSPS) is 25.7. The Bertz CT molecular complexity index is 750. The van der Waals surface area contributed by atoms with Gasteiger partial charge in [0.1, 0.15) is 11.7 Å². The largest absolute Gasteiger partial charge is 0.469 e. The molecule has 12 nitrogen and oxygen atoms in total. The number of phosphoric ester groups is 1. The molecule has 2 heterocycles. The van der Waals surface area contributed by atoms with Gasteiger partial charge in [0.05, 0.1) is 18.6 Å². The quantitative estimate of drug-likeness (QED) is 0.155. The lowest BCUT2D eigenvalue weighted by Crippen LogP contribution is -2.44. The first-order valence-corrected chi connectivity index (χ1v) is 9.11. The number of amides is 1. The van der Waals surface area contributed by atoms with Gasteiger partial charge >= 0.3 is 7.82 Å². The number of azide groups is 1. The Kier molecular flexibility index (Phi) is 6.68.